The van der Waals surface area contributed by atoms with Gasteiger partial charge in [-0.1, -0.05) is 0 Å². The van der Waals surface area contributed by atoms with Crippen molar-refractivity contribution in [3.05, 3.63) is 40.3 Å². The third-order valence-electron chi connectivity index (χ3n) is 3.99. The minimum absolute atomic E-state index is 0.298. The maximum Gasteiger partial charge on any atom is 0.292 e. The average molecular weight is 413 g/mol. The summed E-state index contributed by atoms with van der Waals surface area (Å²) in [5.41, 5.74) is 0.927. The number of nitrogens with one attached hydrogen (secondary N) is 1. The Morgan fingerprint density at radius 3 is 2.44 bits per heavy atom. The molecule has 0 amide bonds. The van der Waals surface area contributed by atoms with Crippen LogP contribution < -0.4 is 10.1 Å². The molecule has 1 aromatic carbocycles. The number of carbonyl (C=O) groups is 1. The summed E-state index contributed by atoms with van der Waals surface area (Å²) < 4.78 is 32.4. The van der Waals surface area contributed by atoms with Crippen LogP contribution in [0.5, 0.6) is 5.75 Å². The number of piperidine rings is 1. The zero-order valence-corrected chi connectivity index (χ0v) is 17.0. The van der Waals surface area contributed by atoms with Crippen LogP contribution in [0.15, 0.2) is 34.5 Å². The van der Waals surface area contributed by atoms with Crippen LogP contribution in [0, 0.1) is 0 Å². The SMILES string of the molecule is COC=O.CS(=O)(=O)c1ccc(OCc2csc(C3CCNCC3)n2)cc1. The van der Waals surface area contributed by atoms with Gasteiger partial charge in [0.25, 0.3) is 6.47 Å². The Balaban J connectivity index is 0.000000596. The lowest BCUT2D eigenvalue weighted by Crippen LogP contribution is -2.26. The van der Waals surface area contributed by atoms with Crippen molar-refractivity contribution in [2.45, 2.75) is 30.3 Å². The Bertz CT molecular complexity index is 813. The molecule has 9 heteroatoms. The molecule has 1 aromatic heterocycles. The maximum absolute atomic E-state index is 11.4. The van der Waals surface area contributed by atoms with Crippen molar-refractivity contribution in [3.63, 3.8) is 0 Å². The Morgan fingerprint density at radius 1 is 1.26 bits per heavy atom. The van der Waals surface area contributed by atoms with Gasteiger partial charge in [0.2, 0.25) is 0 Å². The minimum Gasteiger partial charge on any atom is -0.487 e. The molecule has 148 valence electrons. The highest BCUT2D eigenvalue weighted by Crippen LogP contribution is 2.28. The van der Waals surface area contributed by atoms with Gasteiger partial charge in [0, 0.05) is 17.6 Å². The predicted octanol–water partition coefficient (Wildman–Crippen LogP) is 2.38. The van der Waals surface area contributed by atoms with E-state index in [9.17, 15) is 8.42 Å². The van der Waals surface area contributed by atoms with Crippen LogP contribution in [0.4, 0.5) is 0 Å². The van der Waals surface area contributed by atoms with Gasteiger partial charge in [-0.15, -0.1) is 11.3 Å². The Morgan fingerprint density at radius 2 is 1.89 bits per heavy atom. The second-order valence-electron chi connectivity index (χ2n) is 6.07. The number of hydrogen-bond donors (Lipinski definition) is 1. The third kappa shape index (κ3) is 6.93. The van der Waals surface area contributed by atoms with Gasteiger partial charge in [-0.2, -0.15) is 0 Å². The van der Waals surface area contributed by atoms with Gasteiger partial charge in [0.15, 0.2) is 9.84 Å². The molecular weight excluding hydrogens is 388 g/mol. The second-order valence-corrected chi connectivity index (χ2v) is 8.97. The van der Waals surface area contributed by atoms with Gasteiger partial charge < -0.3 is 14.8 Å². The van der Waals surface area contributed by atoms with Crippen LogP contribution in [0.1, 0.15) is 29.5 Å². The molecule has 2 heterocycles. The number of thiazole rings is 1. The monoisotopic (exact) mass is 412 g/mol. The number of methoxy groups -OCH3 is 1. The van der Waals surface area contributed by atoms with Crippen molar-refractivity contribution in [1.82, 2.24) is 10.3 Å². The molecule has 0 spiro atoms. The largest absolute Gasteiger partial charge is 0.487 e. The summed E-state index contributed by atoms with van der Waals surface area (Å²) in [5, 5.41) is 6.60. The van der Waals surface area contributed by atoms with E-state index in [0.29, 0.717) is 29.6 Å². The quantitative estimate of drug-likeness (QED) is 0.728. The smallest absolute Gasteiger partial charge is 0.292 e. The first kappa shape index (κ1) is 21.3. The van der Waals surface area contributed by atoms with Crippen molar-refractivity contribution >= 4 is 27.6 Å². The molecule has 0 saturated carbocycles. The van der Waals surface area contributed by atoms with E-state index in [2.05, 4.69) is 15.0 Å². The lowest BCUT2D eigenvalue weighted by Gasteiger charge is -2.20. The molecule has 1 N–H and O–H groups in total. The number of sulfone groups is 1. The number of benzene rings is 1. The number of carbonyl (C=O) groups excluding carboxylic acids is 1. The van der Waals surface area contributed by atoms with Crippen LogP contribution >= 0.6 is 11.3 Å². The normalized spacial score (nSPS) is 14.7. The topological polar surface area (TPSA) is 94.6 Å². The molecule has 0 aliphatic carbocycles. The fraction of sp³-hybridized carbons (Fsp3) is 0.444. The highest BCUT2D eigenvalue weighted by atomic mass is 32.2. The molecule has 1 aliphatic rings. The molecule has 3 rings (SSSR count). The van der Waals surface area contributed by atoms with E-state index in [1.807, 2.05) is 5.38 Å². The molecule has 0 unspecified atom stereocenters. The lowest BCUT2D eigenvalue weighted by atomic mass is 9.99. The first-order valence-electron chi connectivity index (χ1n) is 8.48. The van der Waals surface area contributed by atoms with Crippen LogP contribution in [-0.4, -0.2) is 46.3 Å². The highest BCUT2D eigenvalue weighted by Gasteiger charge is 2.18. The summed E-state index contributed by atoms with van der Waals surface area (Å²) in [4.78, 5) is 13.9. The molecular formula is C18H24N2O5S2. The Labute approximate surface area is 163 Å². The summed E-state index contributed by atoms with van der Waals surface area (Å²) in [6.45, 7) is 2.89. The fourth-order valence-corrected chi connectivity index (χ4v) is 4.19. The van der Waals surface area contributed by atoms with Crippen molar-refractivity contribution in [3.8, 4) is 5.75 Å². The number of ether oxygens (including phenoxy) is 2. The van der Waals surface area contributed by atoms with Gasteiger partial charge in [0.1, 0.15) is 12.4 Å². The predicted molar refractivity (Wildman–Crippen MR) is 104 cm³/mol. The molecule has 1 fully saturated rings. The first-order valence-corrected chi connectivity index (χ1v) is 11.3. The van der Waals surface area contributed by atoms with Crippen molar-refractivity contribution in [2.75, 3.05) is 26.5 Å². The van der Waals surface area contributed by atoms with Crippen molar-refractivity contribution in [2.24, 2.45) is 0 Å². The minimum atomic E-state index is -3.17. The van der Waals surface area contributed by atoms with Gasteiger partial charge in [-0.25, -0.2) is 13.4 Å². The van der Waals surface area contributed by atoms with Gasteiger partial charge in [-0.05, 0) is 50.2 Å². The number of hydrogen-bond acceptors (Lipinski definition) is 8. The van der Waals surface area contributed by atoms with Crippen LogP contribution in [0.25, 0.3) is 0 Å². The van der Waals surface area contributed by atoms with Gasteiger partial charge in [-0.3, -0.25) is 4.79 Å². The highest BCUT2D eigenvalue weighted by molar-refractivity contribution is 7.90. The lowest BCUT2D eigenvalue weighted by molar-refractivity contribution is -0.126. The van der Waals surface area contributed by atoms with E-state index >= 15 is 0 Å². The molecule has 7 nitrogen and oxygen atoms in total. The summed E-state index contributed by atoms with van der Waals surface area (Å²) in [6, 6.07) is 6.48. The summed E-state index contributed by atoms with van der Waals surface area (Å²) >= 11 is 1.70. The van der Waals surface area contributed by atoms with E-state index in [4.69, 9.17) is 9.53 Å². The van der Waals surface area contributed by atoms with E-state index in [1.54, 1.807) is 35.6 Å². The standard InChI is InChI=1S/C16H20N2O3S2.C2H4O2/c1-23(19,20)15-4-2-14(3-5-15)21-10-13-11-22-16(18-13)12-6-8-17-9-7-12;1-4-2-3/h2-5,11-12,17H,6-10H2,1H3;2H,1H3. The summed E-state index contributed by atoms with van der Waals surface area (Å²) in [7, 11) is -1.85. The van der Waals surface area contributed by atoms with Gasteiger partial charge in [0.05, 0.1) is 22.7 Å². The molecule has 0 atom stereocenters. The number of rotatable bonds is 6. The molecule has 2 aromatic rings. The molecule has 1 aliphatic heterocycles. The number of nitrogens with zero attached hydrogens (tertiary/aromatic N) is 1. The van der Waals surface area contributed by atoms with E-state index in [-0.39, 0.29) is 0 Å². The third-order valence-corrected chi connectivity index (χ3v) is 6.18. The first-order chi connectivity index (χ1) is 12.9. The molecule has 1 saturated heterocycles. The van der Waals surface area contributed by atoms with E-state index < -0.39 is 9.84 Å². The zero-order chi connectivity index (χ0) is 19.7. The van der Waals surface area contributed by atoms with Crippen LogP contribution in [0.2, 0.25) is 0 Å². The van der Waals surface area contributed by atoms with Gasteiger partial charge >= 0.3 is 0 Å². The Hall–Kier alpha value is -1.97. The average Bonchev–Trinajstić information content (AvgIpc) is 3.16. The fourth-order valence-electron chi connectivity index (χ4n) is 2.59. The van der Waals surface area contributed by atoms with E-state index in [1.165, 1.54) is 18.4 Å². The maximum atomic E-state index is 11.4. The van der Waals surface area contributed by atoms with Crippen molar-refractivity contribution in [1.29, 1.82) is 0 Å². The molecule has 0 bridgehead atoms. The van der Waals surface area contributed by atoms with Crippen LogP contribution in [-0.2, 0) is 26.0 Å². The van der Waals surface area contributed by atoms with Crippen LogP contribution in [0.3, 0.4) is 0 Å². The Kier molecular flexibility index (Phi) is 8.21. The summed E-state index contributed by atoms with van der Waals surface area (Å²) in [5.74, 6) is 1.21. The second kappa shape index (κ2) is 10.4. The molecule has 27 heavy (non-hydrogen) atoms. The molecule has 0 radical (unpaired) electrons. The van der Waals surface area contributed by atoms with E-state index in [0.717, 1.165) is 31.6 Å². The zero-order valence-electron chi connectivity index (χ0n) is 15.4. The summed E-state index contributed by atoms with van der Waals surface area (Å²) in [6.07, 6.45) is 3.47. The van der Waals surface area contributed by atoms with Crippen molar-refractivity contribution < 1.29 is 22.7 Å². The number of aromatic nitrogens is 1.